The molecule has 4 atom stereocenters. The first-order valence-corrected chi connectivity index (χ1v) is 11.4. The average Bonchev–Trinajstić information content (AvgIpc) is 3.40. The standard InChI is InChI=1S/C24H34N4O3/c1-18(29)31-23-16-14-20(13-15-21(30)17-19-9-5-4-6-10-19)22(23)11-7-2-3-8-12-24-25-27-28-26-24/h4-6,9-10,13,15,20-23,30H,2-3,7-8,11-12,14,16-17H2,1H3,(H,25,26,27,28). The minimum Gasteiger partial charge on any atom is -0.462 e. The topological polar surface area (TPSA) is 101 Å². The van der Waals surface area contributed by atoms with Gasteiger partial charge in [-0.1, -0.05) is 61.7 Å². The van der Waals surface area contributed by atoms with Crippen molar-refractivity contribution in [1.82, 2.24) is 20.6 Å². The fourth-order valence-corrected chi connectivity index (χ4v) is 4.56. The zero-order chi connectivity index (χ0) is 21.9. The number of hydrogen-bond donors (Lipinski definition) is 2. The lowest BCUT2D eigenvalue weighted by Crippen LogP contribution is -2.24. The summed E-state index contributed by atoms with van der Waals surface area (Å²) < 4.78 is 5.62. The Balaban J connectivity index is 1.46. The Labute approximate surface area is 184 Å². The average molecular weight is 427 g/mol. The summed E-state index contributed by atoms with van der Waals surface area (Å²) in [7, 11) is 0. The number of allylic oxidation sites excluding steroid dienone is 1. The molecule has 2 aromatic rings. The van der Waals surface area contributed by atoms with Crippen LogP contribution in [0.3, 0.4) is 0 Å². The first-order valence-electron chi connectivity index (χ1n) is 11.4. The van der Waals surface area contributed by atoms with Gasteiger partial charge < -0.3 is 9.84 Å². The number of carbonyl (C=O) groups is 1. The Hall–Kier alpha value is -2.54. The summed E-state index contributed by atoms with van der Waals surface area (Å²) in [5.74, 6) is 1.30. The van der Waals surface area contributed by atoms with Gasteiger partial charge in [-0.05, 0) is 47.6 Å². The summed E-state index contributed by atoms with van der Waals surface area (Å²) in [5.41, 5.74) is 1.13. The van der Waals surface area contributed by atoms with Crippen molar-refractivity contribution >= 4 is 5.97 Å². The molecule has 1 saturated carbocycles. The molecule has 0 aliphatic heterocycles. The van der Waals surface area contributed by atoms with Crippen LogP contribution in [-0.4, -0.2) is 43.9 Å². The van der Waals surface area contributed by atoms with Crippen molar-refractivity contribution in [1.29, 1.82) is 0 Å². The largest absolute Gasteiger partial charge is 0.462 e. The van der Waals surface area contributed by atoms with Crippen molar-refractivity contribution in [3.8, 4) is 0 Å². The van der Waals surface area contributed by atoms with Crippen molar-refractivity contribution in [2.24, 2.45) is 11.8 Å². The van der Waals surface area contributed by atoms with Crippen LogP contribution in [-0.2, 0) is 22.4 Å². The van der Waals surface area contributed by atoms with E-state index in [2.05, 4.69) is 26.7 Å². The highest BCUT2D eigenvalue weighted by Gasteiger charge is 2.36. The third kappa shape index (κ3) is 7.90. The Morgan fingerprint density at radius 2 is 2.03 bits per heavy atom. The maximum absolute atomic E-state index is 11.5. The Bertz CT molecular complexity index is 794. The maximum atomic E-state index is 11.5. The molecular weight excluding hydrogens is 392 g/mol. The Morgan fingerprint density at radius 1 is 1.23 bits per heavy atom. The number of benzene rings is 1. The van der Waals surface area contributed by atoms with Gasteiger partial charge in [0.25, 0.3) is 0 Å². The van der Waals surface area contributed by atoms with E-state index in [1.165, 1.54) is 6.92 Å². The molecule has 2 N–H and O–H groups in total. The zero-order valence-corrected chi connectivity index (χ0v) is 18.3. The highest BCUT2D eigenvalue weighted by molar-refractivity contribution is 5.66. The molecule has 1 heterocycles. The first kappa shape index (κ1) is 23.1. The molecule has 0 amide bonds. The third-order valence-corrected chi connectivity index (χ3v) is 6.09. The molecule has 7 nitrogen and oxygen atoms in total. The number of aromatic nitrogens is 4. The van der Waals surface area contributed by atoms with E-state index in [0.717, 1.165) is 62.8 Å². The molecule has 1 aromatic carbocycles. The summed E-state index contributed by atoms with van der Waals surface area (Å²) >= 11 is 0. The van der Waals surface area contributed by atoms with Crippen LogP contribution in [0, 0.1) is 11.8 Å². The van der Waals surface area contributed by atoms with Crippen LogP contribution in [0.1, 0.15) is 63.3 Å². The lowest BCUT2D eigenvalue weighted by atomic mass is 9.88. The predicted octanol–water partition coefficient (Wildman–Crippen LogP) is 3.81. The summed E-state index contributed by atoms with van der Waals surface area (Å²) in [4.78, 5) is 11.5. The number of unbranched alkanes of at least 4 members (excludes halogenated alkanes) is 3. The molecule has 1 aliphatic rings. The fraction of sp³-hybridized carbons (Fsp3) is 0.583. The van der Waals surface area contributed by atoms with E-state index < -0.39 is 6.10 Å². The minimum atomic E-state index is -0.499. The number of aromatic amines is 1. The second kappa shape index (κ2) is 12.3. The number of aryl methyl sites for hydroxylation is 1. The monoisotopic (exact) mass is 426 g/mol. The van der Waals surface area contributed by atoms with E-state index in [4.69, 9.17) is 4.74 Å². The molecule has 7 heteroatoms. The molecule has 0 saturated heterocycles. The summed E-state index contributed by atoms with van der Waals surface area (Å²) in [6.45, 7) is 1.49. The highest BCUT2D eigenvalue weighted by Crippen LogP contribution is 2.38. The molecule has 1 aromatic heterocycles. The number of nitrogens with one attached hydrogen (secondary N) is 1. The van der Waals surface area contributed by atoms with Crippen molar-refractivity contribution in [2.45, 2.75) is 76.9 Å². The van der Waals surface area contributed by atoms with Crippen LogP contribution in [0.5, 0.6) is 0 Å². The number of rotatable bonds is 12. The van der Waals surface area contributed by atoms with Gasteiger partial charge in [-0.2, -0.15) is 0 Å². The van der Waals surface area contributed by atoms with Crippen LogP contribution >= 0.6 is 0 Å². The molecule has 1 fully saturated rings. The molecule has 1 aliphatic carbocycles. The Kier molecular flexibility index (Phi) is 9.21. The van der Waals surface area contributed by atoms with Crippen LogP contribution in [0.25, 0.3) is 0 Å². The fourth-order valence-electron chi connectivity index (χ4n) is 4.56. The first-order chi connectivity index (χ1) is 15.1. The number of nitrogens with zero attached hydrogens (tertiary/aromatic N) is 3. The lowest BCUT2D eigenvalue weighted by molar-refractivity contribution is -0.148. The normalized spacial score (nSPS) is 22.1. The zero-order valence-electron chi connectivity index (χ0n) is 18.3. The Morgan fingerprint density at radius 3 is 2.77 bits per heavy atom. The van der Waals surface area contributed by atoms with E-state index in [9.17, 15) is 9.90 Å². The number of aliphatic hydroxyl groups is 1. The number of carbonyl (C=O) groups excluding carboxylic acids is 1. The molecule has 3 rings (SSSR count). The minimum absolute atomic E-state index is 0.0151. The SMILES string of the molecule is CC(=O)OC1CCC(C=CC(O)Cc2ccccc2)C1CCCCCCc1nnn[nH]1. The second-order valence-electron chi connectivity index (χ2n) is 8.50. The quantitative estimate of drug-likeness (QED) is 0.304. The highest BCUT2D eigenvalue weighted by atomic mass is 16.5. The van der Waals surface area contributed by atoms with E-state index in [1.807, 2.05) is 36.4 Å². The molecule has 0 spiro atoms. The van der Waals surface area contributed by atoms with E-state index in [1.54, 1.807) is 0 Å². The maximum Gasteiger partial charge on any atom is 0.302 e. The van der Waals surface area contributed by atoms with Gasteiger partial charge in [0.1, 0.15) is 11.9 Å². The van der Waals surface area contributed by atoms with E-state index in [-0.39, 0.29) is 12.1 Å². The third-order valence-electron chi connectivity index (χ3n) is 6.09. The molecule has 0 radical (unpaired) electrons. The van der Waals surface area contributed by atoms with Crippen LogP contribution < -0.4 is 0 Å². The summed E-state index contributed by atoms with van der Waals surface area (Å²) in [5, 5.41) is 24.3. The molecule has 168 valence electrons. The molecule has 4 unspecified atom stereocenters. The van der Waals surface area contributed by atoms with Gasteiger partial charge in [0.05, 0.1) is 6.10 Å². The van der Waals surface area contributed by atoms with Gasteiger partial charge >= 0.3 is 5.97 Å². The lowest BCUT2D eigenvalue weighted by Gasteiger charge is -2.23. The number of tetrazole rings is 1. The van der Waals surface area contributed by atoms with Crippen LogP contribution in [0.15, 0.2) is 42.5 Å². The predicted molar refractivity (Wildman–Crippen MR) is 118 cm³/mol. The van der Waals surface area contributed by atoms with Crippen molar-refractivity contribution < 1.29 is 14.6 Å². The van der Waals surface area contributed by atoms with E-state index >= 15 is 0 Å². The van der Waals surface area contributed by atoms with Gasteiger partial charge in [0.15, 0.2) is 0 Å². The number of esters is 1. The smallest absolute Gasteiger partial charge is 0.302 e. The van der Waals surface area contributed by atoms with Gasteiger partial charge in [0.2, 0.25) is 0 Å². The van der Waals surface area contributed by atoms with Gasteiger partial charge in [0, 0.05) is 25.7 Å². The van der Waals surface area contributed by atoms with Crippen molar-refractivity contribution in [2.75, 3.05) is 0 Å². The second-order valence-corrected chi connectivity index (χ2v) is 8.50. The van der Waals surface area contributed by atoms with E-state index in [0.29, 0.717) is 18.3 Å². The number of aliphatic hydroxyl groups excluding tert-OH is 1. The number of hydrogen-bond acceptors (Lipinski definition) is 6. The van der Waals surface area contributed by atoms with Gasteiger partial charge in [-0.3, -0.25) is 4.79 Å². The molecule has 31 heavy (non-hydrogen) atoms. The van der Waals surface area contributed by atoms with Crippen molar-refractivity contribution in [3.63, 3.8) is 0 Å². The summed E-state index contributed by atoms with van der Waals surface area (Å²) in [6, 6.07) is 10.0. The van der Waals surface area contributed by atoms with Gasteiger partial charge in [-0.25, -0.2) is 5.10 Å². The van der Waals surface area contributed by atoms with Crippen LogP contribution in [0.2, 0.25) is 0 Å². The number of ether oxygens (including phenoxy) is 1. The molecular formula is C24H34N4O3. The van der Waals surface area contributed by atoms with Gasteiger partial charge in [-0.15, -0.1) is 5.10 Å². The summed E-state index contributed by atoms with van der Waals surface area (Å²) in [6.07, 6.45) is 12.4. The molecule has 0 bridgehead atoms. The van der Waals surface area contributed by atoms with Crippen LogP contribution in [0.4, 0.5) is 0 Å². The number of H-pyrrole nitrogens is 1. The van der Waals surface area contributed by atoms with Crippen molar-refractivity contribution in [3.05, 3.63) is 53.9 Å².